The summed E-state index contributed by atoms with van der Waals surface area (Å²) < 4.78 is 0. The highest BCUT2D eigenvalue weighted by atomic mass is 16.6. The second kappa shape index (κ2) is 4.06. The number of fused-ring (bicyclic) bond motifs is 1. The number of nitrogens with zero attached hydrogens (tertiary/aromatic N) is 2. The number of aromatic nitrogens is 1. The van der Waals surface area contributed by atoms with Gasteiger partial charge in [-0.25, -0.2) is 0 Å². The molecule has 0 aliphatic heterocycles. The summed E-state index contributed by atoms with van der Waals surface area (Å²) in [6.45, 7) is 0. The van der Waals surface area contributed by atoms with Crippen LogP contribution in [0.5, 0.6) is 0 Å². The van der Waals surface area contributed by atoms with E-state index in [4.69, 9.17) is 0 Å². The lowest BCUT2D eigenvalue weighted by Crippen LogP contribution is -2.46. The third-order valence-electron chi connectivity index (χ3n) is 3.38. The van der Waals surface area contributed by atoms with Crippen LogP contribution in [0.2, 0.25) is 0 Å². The Labute approximate surface area is 113 Å². The second-order valence-corrected chi connectivity index (χ2v) is 4.39. The molecule has 0 saturated heterocycles. The average Bonchev–Trinajstić information content (AvgIpc) is 2.70. The highest BCUT2D eigenvalue weighted by Gasteiger charge is 2.66. The SMILES string of the molecule is O=C1c2ccccc2C(=O)C1(c1ccccn1)[N+](=O)[O-]. The molecule has 2 aromatic rings. The summed E-state index contributed by atoms with van der Waals surface area (Å²) in [5.74, 6) is -1.66. The summed E-state index contributed by atoms with van der Waals surface area (Å²) in [5.41, 5.74) is -2.47. The average molecular weight is 268 g/mol. The van der Waals surface area contributed by atoms with Crippen LogP contribution in [0.1, 0.15) is 26.4 Å². The van der Waals surface area contributed by atoms with Crippen LogP contribution in [-0.2, 0) is 5.54 Å². The predicted octanol–water partition coefficient (Wildman–Crippen LogP) is 1.63. The Morgan fingerprint density at radius 3 is 1.95 bits per heavy atom. The van der Waals surface area contributed by atoms with Gasteiger partial charge >= 0.3 is 5.54 Å². The van der Waals surface area contributed by atoms with E-state index in [1.54, 1.807) is 18.2 Å². The molecule has 98 valence electrons. The minimum atomic E-state index is -2.45. The fourth-order valence-corrected chi connectivity index (χ4v) is 2.44. The van der Waals surface area contributed by atoms with Crippen LogP contribution in [0.3, 0.4) is 0 Å². The Kier molecular flexibility index (Phi) is 2.47. The monoisotopic (exact) mass is 268 g/mol. The molecule has 20 heavy (non-hydrogen) atoms. The number of benzene rings is 1. The molecule has 0 unspecified atom stereocenters. The predicted molar refractivity (Wildman–Crippen MR) is 68.0 cm³/mol. The number of Topliss-reactive ketones (excluding diaryl/α,β-unsaturated/α-hetero) is 2. The van der Waals surface area contributed by atoms with Crippen molar-refractivity contribution < 1.29 is 14.5 Å². The van der Waals surface area contributed by atoms with Gasteiger partial charge in [0.25, 0.3) is 11.6 Å². The van der Waals surface area contributed by atoms with Crippen molar-refractivity contribution in [3.63, 3.8) is 0 Å². The zero-order chi connectivity index (χ0) is 14.3. The fraction of sp³-hybridized carbons (Fsp3) is 0.0714. The largest absolute Gasteiger partial charge is 0.386 e. The maximum Gasteiger partial charge on any atom is 0.386 e. The number of nitro groups is 1. The van der Waals surface area contributed by atoms with Crippen molar-refractivity contribution in [1.82, 2.24) is 4.98 Å². The van der Waals surface area contributed by atoms with Gasteiger partial charge in [0.1, 0.15) is 5.69 Å². The molecule has 1 aliphatic carbocycles. The quantitative estimate of drug-likeness (QED) is 0.469. The molecule has 0 saturated carbocycles. The van der Waals surface area contributed by atoms with Gasteiger partial charge in [0.15, 0.2) is 0 Å². The zero-order valence-electron chi connectivity index (χ0n) is 10.1. The molecule has 0 atom stereocenters. The zero-order valence-corrected chi connectivity index (χ0v) is 10.1. The lowest BCUT2D eigenvalue weighted by molar-refractivity contribution is -0.538. The van der Waals surface area contributed by atoms with Crippen LogP contribution in [-0.4, -0.2) is 21.5 Å². The molecule has 6 nitrogen and oxygen atoms in total. The number of rotatable bonds is 2. The molecular weight excluding hydrogens is 260 g/mol. The smallest absolute Gasteiger partial charge is 0.285 e. The van der Waals surface area contributed by atoms with E-state index in [0.29, 0.717) is 0 Å². The molecule has 0 radical (unpaired) electrons. The highest BCUT2D eigenvalue weighted by Crippen LogP contribution is 2.39. The van der Waals surface area contributed by atoms with Gasteiger partial charge in [0.2, 0.25) is 0 Å². The fourth-order valence-electron chi connectivity index (χ4n) is 2.44. The van der Waals surface area contributed by atoms with Crippen molar-refractivity contribution >= 4 is 11.6 Å². The Bertz CT molecular complexity index is 705. The molecular formula is C14H8N2O4. The minimum absolute atomic E-state index is 0.0693. The van der Waals surface area contributed by atoms with Gasteiger partial charge in [-0.2, -0.15) is 0 Å². The van der Waals surface area contributed by atoms with Gasteiger partial charge in [-0.05, 0) is 12.1 Å². The molecule has 1 aromatic heterocycles. The van der Waals surface area contributed by atoms with Crippen molar-refractivity contribution in [1.29, 1.82) is 0 Å². The van der Waals surface area contributed by atoms with Crippen LogP contribution >= 0.6 is 0 Å². The molecule has 3 rings (SSSR count). The van der Waals surface area contributed by atoms with E-state index in [2.05, 4.69) is 4.98 Å². The molecule has 6 heteroatoms. The number of carbonyl (C=O) groups is 2. The van der Waals surface area contributed by atoms with Crippen LogP contribution < -0.4 is 0 Å². The Morgan fingerprint density at radius 2 is 1.50 bits per heavy atom. The first-order chi connectivity index (χ1) is 9.60. The summed E-state index contributed by atoms with van der Waals surface area (Å²) in [6.07, 6.45) is 1.32. The molecule has 0 amide bonds. The Morgan fingerprint density at radius 1 is 0.950 bits per heavy atom. The molecule has 0 spiro atoms. The third-order valence-corrected chi connectivity index (χ3v) is 3.38. The molecule has 1 heterocycles. The van der Waals surface area contributed by atoms with Gasteiger partial charge in [-0.1, -0.05) is 30.3 Å². The Hall–Kier alpha value is -2.89. The van der Waals surface area contributed by atoms with Crippen LogP contribution in [0.15, 0.2) is 48.7 Å². The van der Waals surface area contributed by atoms with E-state index in [0.717, 1.165) is 0 Å². The van der Waals surface area contributed by atoms with Crippen LogP contribution in [0.4, 0.5) is 0 Å². The van der Waals surface area contributed by atoms with E-state index >= 15 is 0 Å². The van der Waals surface area contributed by atoms with E-state index in [1.165, 1.54) is 30.5 Å². The number of carbonyl (C=O) groups excluding carboxylic acids is 2. The van der Waals surface area contributed by atoms with Crippen molar-refractivity contribution in [3.05, 3.63) is 75.6 Å². The van der Waals surface area contributed by atoms with Gasteiger partial charge in [0.05, 0.1) is 0 Å². The normalized spacial score (nSPS) is 16.0. The highest BCUT2D eigenvalue weighted by molar-refractivity contribution is 6.31. The first-order valence-corrected chi connectivity index (χ1v) is 5.84. The third kappa shape index (κ3) is 1.30. The number of ketones is 2. The van der Waals surface area contributed by atoms with Gasteiger partial charge in [0, 0.05) is 22.2 Å². The molecule has 1 aliphatic rings. The number of hydrogen-bond donors (Lipinski definition) is 0. The minimum Gasteiger partial charge on any atom is -0.285 e. The standard InChI is InChI=1S/C14H8N2O4/c17-12-9-5-1-2-6-10(9)13(18)14(12,16(19)20)11-7-3-4-8-15-11/h1-8H. The summed E-state index contributed by atoms with van der Waals surface area (Å²) in [5, 5.41) is 11.5. The summed E-state index contributed by atoms with van der Waals surface area (Å²) in [7, 11) is 0. The molecule has 0 bridgehead atoms. The van der Waals surface area contributed by atoms with Crippen molar-refractivity contribution in [2.24, 2.45) is 0 Å². The van der Waals surface area contributed by atoms with Gasteiger partial charge < -0.3 is 0 Å². The molecule has 1 aromatic carbocycles. The Balaban J connectivity index is 2.33. The van der Waals surface area contributed by atoms with Crippen molar-refractivity contribution in [2.75, 3.05) is 0 Å². The molecule has 0 N–H and O–H groups in total. The van der Waals surface area contributed by atoms with Crippen molar-refractivity contribution in [2.45, 2.75) is 5.54 Å². The second-order valence-electron chi connectivity index (χ2n) is 4.39. The van der Waals surface area contributed by atoms with E-state index < -0.39 is 22.0 Å². The lowest BCUT2D eigenvalue weighted by Gasteiger charge is -2.15. The molecule has 0 fully saturated rings. The summed E-state index contributed by atoms with van der Waals surface area (Å²) in [6, 6.07) is 10.4. The van der Waals surface area contributed by atoms with E-state index in [-0.39, 0.29) is 16.8 Å². The van der Waals surface area contributed by atoms with Gasteiger partial charge in [-0.3, -0.25) is 24.7 Å². The lowest BCUT2D eigenvalue weighted by atomic mass is 9.89. The maximum absolute atomic E-state index is 12.5. The number of pyridine rings is 1. The van der Waals surface area contributed by atoms with E-state index in [9.17, 15) is 19.7 Å². The van der Waals surface area contributed by atoms with Crippen LogP contribution in [0.25, 0.3) is 0 Å². The van der Waals surface area contributed by atoms with Crippen LogP contribution in [0, 0.1) is 10.1 Å². The van der Waals surface area contributed by atoms with E-state index in [1.807, 2.05) is 0 Å². The summed E-state index contributed by atoms with van der Waals surface area (Å²) >= 11 is 0. The topological polar surface area (TPSA) is 90.2 Å². The first-order valence-electron chi connectivity index (χ1n) is 5.84. The maximum atomic E-state index is 12.5. The number of hydrogen-bond acceptors (Lipinski definition) is 5. The summed E-state index contributed by atoms with van der Waals surface area (Å²) in [4.78, 5) is 39.5. The van der Waals surface area contributed by atoms with Gasteiger partial charge in [-0.15, -0.1) is 0 Å². The first kappa shape index (κ1) is 12.2. The van der Waals surface area contributed by atoms with Crippen molar-refractivity contribution in [3.8, 4) is 0 Å².